The molecule has 0 unspecified atom stereocenters. The highest BCUT2D eigenvalue weighted by molar-refractivity contribution is 5.96. The Labute approximate surface area is 131 Å². The van der Waals surface area contributed by atoms with Crippen LogP contribution in [0.5, 0.6) is 0 Å². The van der Waals surface area contributed by atoms with Crippen LogP contribution in [-0.4, -0.2) is 18.4 Å². The first-order chi connectivity index (χ1) is 10.6. The molecule has 1 aliphatic heterocycles. The summed E-state index contributed by atoms with van der Waals surface area (Å²) in [6, 6.07) is 5.90. The number of rotatable bonds is 3. The highest BCUT2D eigenvalue weighted by atomic mass is 16.2. The fraction of sp³-hybridized carbons (Fsp3) is 0.556. The van der Waals surface area contributed by atoms with Gasteiger partial charge in [0.1, 0.15) is 0 Å². The van der Waals surface area contributed by atoms with E-state index in [2.05, 4.69) is 5.32 Å². The molecule has 0 atom stereocenters. The summed E-state index contributed by atoms with van der Waals surface area (Å²) in [5.74, 6) is 0.695. The number of hydrogen-bond donors (Lipinski definition) is 1. The molecule has 4 heteroatoms. The Kier molecular flexibility index (Phi) is 4.46. The van der Waals surface area contributed by atoms with E-state index in [4.69, 9.17) is 0 Å². The Morgan fingerprint density at radius 3 is 2.73 bits per heavy atom. The summed E-state index contributed by atoms with van der Waals surface area (Å²) in [6.07, 6.45) is 7.68. The topological polar surface area (TPSA) is 49.4 Å². The molecule has 4 nitrogen and oxygen atoms in total. The van der Waals surface area contributed by atoms with Crippen molar-refractivity contribution in [1.82, 2.24) is 0 Å². The maximum atomic E-state index is 12.2. The fourth-order valence-electron chi connectivity index (χ4n) is 3.65. The highest BCUT2D eigenvalue weighted by Crippen LogP contribution is 2.31. The molecule has 1 aliphatic carbocycles. The van der Waals surface area contributed by atoms with Gasteiger partial charge in [-0.3, -0.25) is 9.59 Å². The summed E-state index contributed by atoms with van der Waals surface area (Å²) in [4.78, 5) is 25.6. The summed E-state index contributed by atoms with van der Waals surface area (Å²) in [5, 5.41) is 3.00. The molecule has 2 amide bonds. The quantitative estimate of drug-likeness (QED) is 0.928. The van der Waals surface area contributed by atoms with E-state index in [1.807, 2.05) is 18.2 Å². The molecule has 0 bridgehead atoms. The van der Waals surface area contributed by atoms with Crippen LogP contribution < -0.4 is 10.2 Å². The molecule has 118 valence electrons. The zero-order chi connectivity index (χ0) is 15.5. The third kappa shape index (κ3) is 3.32. The Bertz CT molecular complexity index is 576. The van der Waals surface area contributed by atoms with Crippen LogP contribution in [0, 0.1) is 5.92 Å². The van der Waals surface area contributed by atoms with E-state index in [0.717, 1.165) is 24.3 Å². The average molecular weight is 300 g/mol. The molecular formula is C18H24N2O2. The summed E-state index contributed by atoms with van der Waals surface area (Å²) in [5.41, 5.74) is 2.93. The number of anilines is 2. The predicted molar refractivity (Wildman–Crippen MR) is 88.0 cm³/mol. The smallest absolute Gasteiger partial charge is 0.224 e. The van der Waals surface area contributed by atoms with Crippen LogP contribution in [0.1, 0.15) is 51.0 Å². The first-order valence-electron chi connectivity index (χ1n) is 8.34. The molecule has 0 aromatic heterocycles. The van der Waals surface area contributed by atoms with Crippen molar-refractivity contribution < 1.29 is 9.59 Å². The minimum atomic E-state index is 0.0597. The Morgan fingerprint density at radius 1 is 1.23 bits per heavy atom. The maximum absolute atomic E-state index is 12.2. The van der Waals surface area contributed by atoms with Gasteiger partial charge in [0.05, 0.1) is 0 Å². The lowest BCUT2D eigenvalue weighted by Gasteiger charge is -2.21. The lowest BCUT2D eigenvalue weighted by molar-refractivity contribution is -0.117. The van der Waals surface area contributed by atoms with Gasteiger partial charge in [-0.25, -0.2) is 0 Å². The number of carbonyl (C=O) groups excluding carboxylic acids is 2. The number of fused-ring (bicyclic) bond motifs is 1. The summed E-state index contributed by atoms with van der Waals surface area (Å²) in [6.45, 7) is 2.33. The van der Waals surface area contributed by atoms with Crippen LogP contribution in [0.4, 0.5) is 11.4 Å². The fourth-order valence-corrected chi connectivity index (χ4v) is 3.65. The third-order valence-electron chi connectivity index (χ3n) is 4.84. The second-order valence-electron chi connectivity index (χ2n) is 6.52. The zero-order valence-electron chi connectivity index (χ0n) is 13.2. The molecule has 1 fully saturated rings. The normalized spacial score (nSPS) is 18.1. The lowest BCUT2D eigenvalue weighted by atomic mass is 9.87. The van der Waals surface area contributed by atoms with Gasteiger partial charge < -0.3 is 10.2 Å². The molecule has 2 aliphatic rings. The second-order valence-corrected chi connectivity index (χ2v) is 6.52. The predicted octanol–water partition coefficient (Wildman–Crippen LogP) is 3.50. The van der Waals surface area contributed by atoms with E-state index in [9.17, 15) is 9.59 Å². The van der Waals surface area contributed by atoms with Crippen molar-refractivity contribution in [3.63, 3.8) is 0 Å². The minimum Gasteiger partial charge on any atom is -0.326 e. The summed E-state index contributed by atoms with van der Waals surface area (Å²) in [7, 11) is 0. The molecule has 0 saturated heterocycles. The van der Waals surface area contributed by atoms with Gasteiger partial charge in [0.25, 0.3) is 0 Å². The van der Waals surface area contributed by atoms with Gasteiger partial charge in [-0.2, -0.15) is 0 Å². The Hall–Kier alpha value is -1.84. The van der Waals surface area contributed by atoms with E-state index in [1.165, 1.54) is 37.7 Å². The number of nitrogens with one attached hydrogen (secondary N) is 1. The molecule has 1 N–H and O–H groups in total. The number of carbonyl (C=O) groups is 2. The molecule has 3 rings (SSSR count). The molecule has 1 aromatic rings. The third-order valence-corrected chi connectivity index (χ3v) is 4.84. The molecular weight excluding hydrogens is 276 g/mol. The van der Waals surface area contributed by atoms with Crippen LogP contribution >= 0.6 is 0 Å². The van der Waals surface area contributed by atoms with Crippen molar-refractivity contribution in [2.24, 2.45) is 5.92 Å². The van der Waals surface area contributed by atoms with Gasteiger partial charge in [0.2, 0.25) is 11.8 Å². The second kappa shape index (κ2) is 6.51. The van der Waals surface area contributed by atoms with Gasteiger partial charge in [-0.05, 0) is 42.9 Å². The molecule has 1 heterocycles. The Morgan fingerprint density at radius 2 is 2.00 bits per heavy atom. The average Bonchev–Trinajstić information content (AvgIpc) is 2.91. The van der Waals surface area contributed by atoms with E-state index in [-0.39, 0.29) is 11.8 Å². The standard InChI is InChI=1S/C18H24N2O2/c1-13(21)20-10-9-15-7-8-16(12-17(15)20)19-18(22)11-14-5-3-2-4-6-14/h7-8,12,14H,2-6,9-11H2,1H3,(H,19,22). The number of hydrogen-bond acceptors (Lipinski definition) is 2. The van der Waals surface area contributed by atoms with Crippen molar-refractivity contribution in [3.05, 3.63) is 23.8 Å². The van der Waals surface area contributed by atoms with E-state index >= 15 is 0 Å². The van der Waals surface area contributed by atoms with Gasteiger partial charge in [0, 0.05) is 31.3 Å². The summed E-state index contributed by atoms with van der Waals surface area (Å²) >= 11 is 0. The number of amides is 2. The van der Waals surface area contributed by atoms with Gasteiger partial charge in [-0.1, -0.05) is 25.3 Å². The molecule has 1 aromatic carbocycles. The van der Waals surface area contributed by atoms with Crippen molar-refractivity contribution in [1.29, 1.82) is 0 Å². The van der Waals surface area contributed by atoms with Crippen LogP contribution in [0.2, 0.25) is 0 Å². The van der Waals surface area contributed by atoms with Crippen LogP contribution in [-0.2, 0) is 16.0 Å². The maximum Gasteiger partial charge on any atom is 0.224 e. The molecule has 0 radical (unpaired) electrons. The number of benzene rings is 1. The van der Waals surface area contributed by atoms with Crippen LogP contribution in [0.25, 0.3) is 0 Å². The lowest BCUT2D eigenvalue weighted by Crippen LogP contribution is -2.25. The van der Waals surface area contributed by atoms with Crippen LogP contribution in [0.15, 0.2) is 18.2 Å². The first kappa shape index (κ1) is 15.1. The molecule has 0 spiro atoms. The largest absolute Gasteiger partial charge is 0.326 e. The van der Waals surface area contributed by atoms with E-state index < -0.39 is 0 Å². The van der Waals surface area contributed by atoms with E-state index in [1.54, 1.807) is 11.8 Å². The van der Waals surface area contributed by atoms with Gasteiger partial charge >= 0.3 is 0 Å². The van der Waals surface area contributed by atoms with Crippen molar-refractivity contribution in [3.8, 4) is 0 Å². The van der Waals surface area contributed by atoms with Crippen LogP contribution in [0.3, 0.4) is 0 Å². The zero-order valence-corrected chi connectivity index (χ0v) is 13.2. The molecule has 22 heavy (non-hydrogen) atoms. The Balaban J connectivity index is 1.64. The van der Waals surface area contributed by atoms with Crippen molar-refractivity contribution >= 4 is 23.2 Å². The van der Waals surface area contributed by atoms with Gasteiger partial charge in [0.15, 0.2) is 0 Å². The van der Waals surface area contributed by atoms with Crippen molar-refractivity contribution in [2.45, 2.75) is 51.9 Å². The minimum absolute atomic E-state index is 0.0597. The summed E-state index contributed by atoms with van der Waals surface area (Å²) < 4.78 is 0. The van der Waals surface area contributed by atoms with Crippen molar-refractivity contribution in [2.75, 3.05) is 16.8 Å². The number of nitrogens with zero attached hydrogens (tertiary/aromatic N) is 1. The monoisotopic (exact) mass is 300 g/mol. The first-order valence-corrected chi connectivity index (χ1v) is 8.34. The highest BCUT2D eigenvalue weighted by Gasteiger charge is 2.23. The molecule has 1 saturated carbocycles. The SMILES string of the molecule is CC(=O)N1CCc2ccc(NC(=O)CC3CCCCC3)cc21. The van der Waals surface area contributed by atoms with Gasteiger partial charge in [-0.15, -0.1) is 0 Å². The van der Waals surface area contributed by atoms with E-state index in [0.29, 0.717) is 12.3 Å².